The predicted molar refractivity (Wildman–Crippen MR) is 50.5 cm³/mol. The van der Waals surface area contributed by atoms with Crippen LogP contribution in [0.4, 0.5) is 0 Å². The largest absolute Gasteiger partial charge is 0.345 e. The minimum absolute atomic E-state index is 0.180. The molecule has 2 rings (SSSR count). The van der Waals surface area contributed by atoms with Crippen LogP contribution in [0.25, 0.3) is 11.0 Å². The topological polar surface area (TPSA) is 45.8 Å². The molecule has 1 N–H and O–H groups in total. The van der Waals surface area contributed by atoms with E-state index in [4.69, 9.17) is 0 Å². The fraction of sp³-hybridized carbons (Fsp3) is 0.200. The molecule has 3 heteroatoms. The molecule has 0 atom stereocenters. The van der Waals surface area contributed by atoms with Gasteiger partial charge in [-0.1, -0.05) is 6.07 Å². The minimum atomic E-state index is 0.180. The third kappa shape index (κ3) is 1.59. The molecule has 0 saturated heterocycles. The molecular formula is C10H10N2O. The van der Waals surface area contributed by atoms with Crippen LogP contribution in [0.3, 0.4) is 0 Å². The van der Waals surface area contributed by atoms with E-state index in [2.05, 4.69) is 9.97 Å². The molecule has 0 amide bonds. The first-order valence-electron chi connectivity index (χ1n) is 4.17. The van der Waals surface area contributed by atoms with Crippen LogP contribution in [0.15, 0.2) is 24.5 Å². The quantitative estimate of drug-likeness (QED) is 0.753. The first-order valence-corrected chi connectivity index (χ1v) is 4.17. The Morgan fingerprint density at radius 2 is 2.38 bits per heavy atom. The lowest BCUT2D eigenvalue weighted by atomic mass is 10.1. The number of aromatic amines is 1. The Labute approximate surface area is 75.8 Å². The van der Waals surface area contributed by atoms with Crippen molar-refractivity contribution in [2.75, 3.05) is 0 Å². The molecule has 0 radical (unpaired) electrons. The molecular weight excluding hydrogens is 164 g/mol. The van der Waals surface area contributed by atoms with Gasteiger partial charge in [0.2, 0.25) is 0 Å². The Morgan fingerprint density at radius 1 is 1.54 bits per heavy atom. The van der Waals surface area contributed by atoms with Crippen molar-refractivity contribution in [1.29, 1.82) is 0 Å². The Hall–Kier alpha value is -1.64. The molecule has 66 valence electrons. The number of fused-ring (bicyclic) bond motifs is 1. The van der Waals surface area contributed by atoms with Crippen molar-refractivity contribution in [3.8, 4) is 0 Å². The number of benzene rings is 1. The molecule has 0 aliphatic rings. The number of Topliss-reactive ketones (excluding diaryl/α,β-unsaturated/α-hetero) is 1. The normalized spacial score (nSPS) is 10.5. The van der Waals surface area contributed by atoms with Gasteiger partial charge >= 0.3 is 0 Å². The fourth-order valence-electron chi connectivity index (χ4n) is 1.38. The van der Waals surface area contributed by atoms with Crippen LogP contribution in [-0.4, -0.2) is 15.8 Å². The molecule has 13 heavy (non-hydrogen) atoms. The van der Waals surface area contributed by atoms with Gasteiger partial charge < -0.3 is 4.98 Å². The van der Waals surface area contributed by atoms with E-state index in [0.717, 1.165) is 16.6 Å². The van der Waals surface area contributed by atoms with E-state index >= 15 is 0 Å². The number of H-pyrrole nitrogens is 1. The number of nitrogens with one attached hydrogen (secondary N) is 1. The van der Waals surface area contributed by atoms with E-state index in [9.17, 15) is 4.79 Å². The first-order chi connectivity index (χ1) is 6.25. The Bertz CT molecular complexity index is 445. The molecule has 1 aromatic heterocycles. The van der Waals surface area contributed by atoms with Crippen LogP contribution in [0.5, 0.6) is 0 Å². The average Bonchev–Trinajstić information content (AvgIpc) is 2.49. The lowest BCUT2D eigenvalue weighted by molar-refractivity contribution is -0.116. The highest BCUT2D eigenvalue weighted by atomic mass is 16.1. The van der Waals surface area contributed by atoms with Crippen molar-refractivity contribution in [2.45, 2.75) is 13.3 Å². The van der Waals surface area contributed by atoms with Crippen LogP contribution in [-0.2, 0) is 11.2 Å². The molecule has 1 aromatic carbocycles. The van der Waals surface area contributed by atoms with Gasteiger partial charge in [-0.05, 0) is 24.6 Å². The van der Waals surface area contributed by atoms with Crippen molar-refractivity contribution in [3.63, 3.8) is 0 Å². The molecule has 0 saturated carbocycles. The monoisotopic (exact) mass is 174 g/mol. The average molecular weight is 174 g/mol. The third-order valence-electron chi connectivity index (χ3n) is 1.94. The summed E-state index contributed by atoms with van der Waals surface area (Å²) in [7, 11) is 0. The van der Waals surface area contributed by atoms with Crippen LogP contribution in [0.2, 0.25) is 0 Å². The van der Waals surface area contributed by atoms with Crippen LogP contribution in [0.1, 0.15) is 12.5 Å². The number of hydrogen-bond acceptors (Lipinski definition) is 2. The van der Waals surface area contributed by atoms with Gasteiger partial charge in [-0.25, -0.2) is 4.98 Å². The maximum Gasteiger partial charge on any atom is 0.134 e. The van der Waals surface area contributed by atoms with E-state index < -0.39 is 0 Å². The van der Waals surface area contributed by atoms with E-state index in [1.165, 1.54) is 0 Å². The lowest BCUT2D eigenvalue weighted by Crippen LogP contribution is -1.95. The molecule has 0 unspecified atom stereocenters. The first kappa shape index (κ1) is 7.98. The summed E-state index contributed by atoms with van der Waals surface area (Å²) in [5.41, 5.74) is 2.95. The summed E-state index contributed by atoms with van der Waals surface area (Å²) in [6.45, 7) is 1.59. The molecule has 2 aromatic rings. The second kappa shape index (κ2) is 3.01. The Morgan fingerprint density at radius 3 is 3.15 bits per heavy atom. The highest BCUT2D eigenvalue weighted by Crippen LogP contribution is 2.11. The smallest absolute Gasteiger partial charge is 0.134 e. The molecule has 1 heterocycles. The zero-order valence-corrected chi connectivity index (χ0v) is 7.37. The summed E-state index contributed by atoms with van der Waals surface area (Å²) < 4.78 is 0. The summed E-state index contributed by atoms with van der Waals surface area (Å²) in [5, 5.41) is 0. The minimum Gasteiger partial charge on any atom is -0.345 e. The standard InChI is InChI=1S/C10H10N2O/c1-7(13)4-8-2-3-9-10(5-8)12-6-11-9/h2-3,5-6H,4H2,1H3,(H,11,12). The van der Waals surface area contributed by atoms with E-state index in [1.54, 1.807) is 13.3 Å². The van der Waals surface area contributed by atoms with E-state index in [-0.39, 0.29) is 5.78 Å². The zero-order chi connectivity index (χ0) is 9.26. The molecule has 0 fully saturated rings. The molecule has 0 aliphatic heterocycles. The molecule has 3 nitrogen and oxygen atoms in total. The van der Waals surface area contributed by atoms with Gasteiger partial charge in [-0.15, -0.1) is 0 Å². The maximum atomic E-state index is 10.9. The summed E-state index contributed by atoms with van der Waals surface area (Å²) >= 11 is 0. The van der Waals surface area contributed by atoms with Crippen molar-refractivity contribution in [1.82, 2.24) is 9.97 Å². The van der Waals surface area contributed by atoms with Crippen molar-refractivity contribution in [2.24, 2.45) is 0 Å². The second-order valence-corrected chi connectivity index (χ2v) is 3.13. The van der Waals surface area contributed by atoms with Gasteiger partial charge in [-0.3, -0.25) is 4.79 Å². The van der Waals surface area contributed by atoms with Crippen molar-refractivity contribution in [3.05, 3.63) is 30.1 Å². The number of nitrogens with zero attached hydrogens (tertiary/aromatic N) is 1. The summed E-state index contributed by atoms with van der Waals surface area (Å²) in [6, 6.07) is 5.82. The number of ketones is 1. The molecule has 0 aliphatic carbocycles. The Kier molecular flexibility index (Phi) is 1.85. The number of carbonyl (C=O) groups excluding carboxylic acids is 1. The fourth-order valence-corrected chi connectivity index (χ4v) is 1.38. The van der Waals surface area contributed by atoms with Crippen molar-refractivity contribution >= 4 is 16.8 Å². The third-order valence-corrected chi connectivity index (χ3v) is 1.94. The molecule has 0 bridgehead atoms. The van der Waals surface area contributed by atoms with E-state index in [0.29, 0.717) is 6.42 Å². The van der Waals surface area contributed by atoms with Crippen molar-refractivity contribution < 1.29 is 4.79 Å². The number of carbonyl (C=O) groups is 1. The molecule has 0 spiro atoms. The van der Waals surface area contributed by atoms with Crippen LogP contribution < -0.4 is 0 Å². The second-order valence-electron chi connectivity index (χ2n) is 3.13. The Balaban J connectivity index is 2.42. The van der Waals surface area contributed by atoms with Gasteiger partial charge in [0.05, 0.1) is 17.4 Å². The highest BCUT2D eigenvalue weighted by Gasteiger charge is 2.00. The summed E-state index contributed by atoms with van der Waals surface area (Å²) in [6.07, 6.45) is 2.15. The number of hydrogen-bond donors (Lipinski definition) is 1. The van der Waals surface area contributed by atoms with Gasteiger partial charge in [0.1, 0.15) is 5.78 Å². The van der Waals surface area contributed by atoms with E-state index in [1.807, 2.05) is 18.2 Å². The van der Waals surface area contributed by atoms with Gasteiger partial charge in [0.15, 0.2) is 0 Å². The maximum absolute atomic E-state index is 10.9. The summed E-state index contributed by atoms with van der Waals surface area (Å²) in [4.78, 5) is 18.0. The predicted octanol–water partition coefficient (Wildman–Crippen LogP) is 1.69. The highest BCUT2D eigenvalue weighted by molar-refractivity contribution is 5.81. The van der Waals surface area contributed by atoms with Crippen LogP contribution >= 0.6 is 0 Å². The number of aromatic nitrogens is 2. The SMILES string of the molecule is CC(=O)Cc1ccc2nc[nH]c2c1. The van der Waals surface area contributed by atoms with Gasteiger partial charge in [-0.2, -0.15) is 0 Å². The van der Waals surface area contributed by atoms with Crippen LogP contribution in [0, 0.1) is 0 Å². The van der Waals surface area contributed by atoms with Gasteiger partial charge in [0.25, 0.3) is 0 Å². The number of imidazole rings is 1. The lowest BCUT2D eigenvalue weighted by Gasteiger charge is -1.96. The zero-order valence-electron chi connectivity index (χ0n) is 7.37. The van der Waals surface area contributed by atoms with Gasteiger partial charge in [0, 0.05) is 6.42 Å². The number of rotatable bonds is 2. The summed E-state index contributed by atoms with van der Waals surface area (Å²) in [5.74, 6) is 0.180.